The van der Waals surface area contributed by atoms with Crippen LogP contribution in [-0.4, -0.2) is 24.8 Å². The first-order chi connectivity index (χ1) is 8.63. The second-order valence-corrected chi connectivity index (χ2v) is 3.58. The van der Waals surface area contributed by atoms with Crippen LogP contribution in [0.1, 0.15) is 25.3 Å². The summed E-state index contributed by atoms with van der Waals surface area (Å²) in [7, 11) is 1.27. The maximum Gasteiger partial charge on any atom is 0.335 e. The number of rotatable bonds is 5. The van der Waals surface area contributed by atoms with E-state index in [4.69, 9.17) is 4.84 Å². The van der Waals surface area contributed by atoms with Gasteiger partial charge in [0.1, 0.15) is 0 Å². The molecule has 1 rings (SSSR count). The molecule has 0 heterocycles. The lowest BCUT2D eigenvalue weighted by molar-refractivity contribution is -0.148. The minimum Gasteiger partial charge on any atom is -0.469 e. The van der Waals surface area contributed by atoms with Crippen LogP contribution in [0, 0.1) is 0 Å². The minimum absolute atomic E-state index is 0.00472. The summed E-state index contributed by atoms with van der Waals surface area (Å²) < 4.78 is 4.41. The van der Waals surface area contributed by atoms with Gasteiger partial charge in [-0.1, -0.05) is 35.5 Å². The van der Waals surface area contributed by atoms with E-state index >= 15 is 0 Å². The van der Waals surface area contributed by atoms with Gasteiger partial charge in [0.25, 0.3) is 0 Å². The van der Waals surface area contributed by atoms with Gasteiger partial charge in [0, 0.05) is 0 Å². The number of nitrogens with zero attached hydrogens (tertiary/aromatic N) is 1. The lowest BCUT2D eigenvalue weighted by atomic mass is 10.1. The van der Waals surface area contributed by atoms with Crippen molar-refractivity contribution < 1.29 is 19.2 Å². The molecule has 0 saturated carbocycles. The fourth-order valence-electron chi connectivity index (χ4n) is 1.20. The Bertz CT molecular complexity index is 440. The van der Waals surface area contributed by atoms with E-state index in [9.17, 15) is 9.59 Å². The number of methoxy groups -OCH3 is 1. The molecule has 18 heavy (non-hydrogen) atoms. The van der Waals surface area contributed by atoms with Crippen molar-refractivity contribution >= 4 is 17.7 Å². The lowest BCUT2D eigenvalue weighted by Crippen LogP contribution is -2.07. The molecule has 0 amide bonds. The highest BCUT2D eigenvalue weighted by atomic mass is 16.7. The van der Waals surface area contributed by atoms with E-state index in [1.54, 1.807) is 6.92 Å². The Morgan fingerprint density at radius 3 is 2.33 bits per heavy atom. The molecule has 0 N–H and O–H groups in total. The van der Waals surface area contributed by atoms with Crippen LogP contribution in [0.15, 0.2) is 35.5 Å². The Hall–Kier alpha value is -2.17. The van der Waals surface area contributed by atoms with Crippen LogP contribution < -0.4 is 0 Å². The number of ether oxygens (including phenoxy) is 1. The van der Waals surface area contributed by atoms with Crippen LogP contribution in [0.5, 0.6) is 0 Å². The fraction of sp³-hybridized carbons (Fsp3) is 0.308. The lowest BCUT2D eigenvalue weighted by Gasteiger charge is -2.00. The summed E-state index contributed by atoms with van der Waals surface area (Å²) in [5.74, 6) is -1.01. The van der Waals surface area contributed by atoms with E-state index < -0.39 is 11.9 Å². The summed E-state index contributed by atoms with van der Waals surface area (Å²) in [5.41, 5.74) is 1.47. The molecule has 0 saturated heterocycles. The van der Waals surface area contributed by atoms with E-state index in [0.717, 1.165) is 5.56 Å². The Morgan fingerprint density at radius 1 is 1.11 bits per heavy atom. The van der Waals surface area contributed by atoms with Crippen molar-refractivity contribution in [1.29, 1.82) is 0 Å². The zero-order chi connectivity index (χ0) is 13.4. The second kappa shape index (κ2) is 7.21. The largest absolute Gasteiger partial charge is 0.469 e. The number of hydrogen-bond donors (Lipinski definition) is 0. The third-order valence-electron chi connectivity index (χ3n) is 2.24. The van der Waals surface area contributed by atoms with Crippen molar-refractivity contribution in [2.45, 2.75) is 19.8 Å². The summed E-state index contributed by atoms with van der Waals surface area (Å²) >= 11 is 0. The predicted octanol–water partition coefficient (Wildman–Crippen LogP) is 1.91. The van der Waals surface area contributed by atoms with E-state index in [0.29, 0.717) is 5.71 Å². The monoisotopic (exact) mass is 249 g/mol. The molecule has 1 aromatic carbocycles. The second-order valence-electron chi connectivity index (χ2n) is 3.58. The van der Waals surface area contributed by atoms with Gasteiger partial charge < -0.3 is 9.57 Å². The van der Waals surface area contributed by atoms with Crippen molar-refractivity contribution in [3.05, 3.63) is 35.9 Å². The van der Waals surface area contributed by atoms with Gasteiger partial charge in [-0.2, -0.15) is 0 Å². The molecular formula is C13H15NO4. The number of hydrogen-bond acceptors (Lipinski definition) is 5. The molecule has 5 heteroatoms. The zero-order valence-corrected chi connectivity index (χ0v) is 10.4. The van der Waals surface area contributed by atoms with E-state index in [1.165, 1.54) is 7.11 Å². The van der Waals surface area contributed by atoms with Crippen molar-refractivity contribution in [3.8, 4) is 0 Å². The molecule has 0 aromatic heterocycles. The zero-order valence-electron chi connectivity index (χ0n) is 10.4. The molecule has 0 radical (unpaired) electrons. The maximum absolute atomic E-state index is 11.3. The van der Waals surface area contributed by atoms with Crippen molar-refractivity contribution in [3.63, 3.8) is 0 Å². The van der Waals surface area contributed by atoms with Gasteiger partial charge in [-0.15, -0.1) is 0 Å². The molecule has 5 nitrogen and oxygen atoms in total. The van der Waals surface area contributed by atoms with E-state index in [-0.39, 0.29) is 12.8 Å². The van der Waals surface area contributed by atoms with E-state index in [2.05, 4.69) is 9.89 Å². The molecule has 0 aliphatic rings. The average Bonchev–Trinajstić information content (AvgIpc) is 2.42. The van der Waals surface area contributed by atoms with Gasteiger partial charge in [0.2, 0.25) is 0 Å². The molecule has 1 aromatic rings. The maximum atomic E-state index is 11.3. The Balaban J connectivity index is 2.44. The highest BCUT2D eigenvalue weighted by Gasteiger charge is 2.08. The van der Waals surface area contributed by atoms with Crippen LogP contribution in [0.4, 0.5) is 0 Å². The predicted molar refractivity (Wildman–Crippen MR) is 66.0 cm³/mol. The number of oxime groups is 1. The normalized spacial score (nSPS) is 10.9. The van der Waals surface area contributed by atoms with Gasteiger partial charge in [-0.3, -0.25) is 4.79 Å². The quantitative estimate of drug-likeness (QED) is 0.346. The van der Waals surface area contributed by atoms with Crippen molar-refractivity contribution in [2.24, 2.45) is 5.16 Å². The van der Waals surface area contributed by atoms with Crippen molar-refractivity contribution in [2.75, 3.05) is 7.11 Å². The molecule has 0 aliphatic carbocycles. The highest BCUT2D eigenvalue weighted by Crippen LogP contribution is 2.02. The smallest absolute Gasteiger partial charge is 0.335 e. The average molecular weight is 249 g/mol. The molecule has 0 bridgehead atoms. The van der Waals surface area contributed by atoms with Crippen LogP contribution >= 0.6 is 0 Å². The molecule has 0 fully saturated rings. The van der Waals surface area contributed by atoms with Crippen LogP contribution in [0.2, 0.25) is 0 Å². The summed E-state index contributed by atoms with van der Waals surface area (Å²) in [6, 6.07) is 9.35. The summed E-state index contributed by atoms with van der Waals surface area (Å²) in [4.78, 5) is 26.8. The molecule has 0 aliphatic heterocycles. The highest BCUT2D eigenvalue weighted by molar-refractivity contribution is 5.98. The number of esters is 1. The van der Waals surface area contributed by atoms with Gasteiger partial charge in [-0.05, 0) is 12.5 Å². The Morgan fingerprint density at radius 2 is 1.72 bits per heavy atom. The van der Waals surface area contributed by atoms with Gasteiger partial charge >= 0.3 is 11.9 Å². The first kappa shape index (κ1) is 13.9. The van der Waals surface area contributed by atoms with Crippen LogP contribution in [0.3, 0.4) is 0 Å². The summed E-state index contributed by atoms with van der Waals surface area (Å²) in [6.07, 6.45) is -0.0481. The standard InChI is InChI=1S/C13H15NO4/c1-10(11-6-4-3-5-7-11)14-18-13(16)9-8-12(15)17-2/h3-7H,8-9H2,1-2H3. The fourth-order valence-corrected chi connectivity index (χ4v) is 1.20. The topological polar surface area (TPSA) is 65.0 Å². The van der Waals surface area contributed by atoms with Crippen LogP contribution in [0.25, 0.3) is 0 Å². The van der Waals surface area contributed by atoms with Crippen molar-refractivity contribution in [1.82, 2.24) is 0 Å². The summed E-state index contributed by atoms with van der Waals surface area (Å²) in [6.45, 7) is 1.74. The first-order valence-electron chi connectivity index (χ1n) is 5.50. The summed E-state index contributed by atoms with van der Waals surface area (Å²) in [5, 5.41) is 3.71. The molecule has 96 valence electrons. The van der Waals surface area contributed by atoms with Gasteiger partial charge in [0.05, 0.1) is 25.7 Å². The molecule has 0 spiro atoms. The van der Waals surface area contributed by atoms with Crippen LogP contribution in [-0.2, 0) is 19.2 Å². The number of carbonyl (C=O) groups excluding carboxylic acids is 2. The SMILES string of the molecule is COC(=O)CCC(=O)ON=C(C)c1ccccc1. The Kier molecular flexibility index (Phi) is 5.57. The van der Waals surface area contributed by atoms with Gasteiger partial charge in [-0.25, -0.2) is 4.79 Å². The Labute approximate surface area is 105 Å². The minimum atomic E-state index is -0.560. The van der Waals surface area contributed by atoms with E-state index in [1.807, 2.05) is 30.3 Å². The first-order valence-corrected chi connectivity index (χ1v) is 5.50. The number of benzene rings is 1. The third-order valence-corrected chi connectivity index (χ3v) is 2.24. The molecule has 0 unspecified atom stereocenters. The molecular weight excluding hydrogens is 234 g/mol. The third kappa shape index (κ3) is 4.78. The number of carbonyl (C=O) groups is 2. The molecule has 0 atom stereocenters. The van der Waals surface area contributed by atoms with Gasteiger partial charge in [0.15, 0.2) is 0 Å².